The number of ether oxygens (including phenoxy) is 1. The summed E-state index contributed by atoms with van der Waals surface area (Å²) >= 11 is 6.20. The zero-order chi connectivity index (χ0) is 20.6. The Balaban J connectivity index is 2.18. The zero-order valence-corrected chi connectivity index (χ0v) is 17.2. The second-order valence-corrected chi connectivity index (χ2v) is 8.36. The number of sulfonamides is 1. The molecule has 0 saturated carbocycles. The number of halogens is 1. The third-order valence-electron chi connectivity index (χ3n) is 4.13. The average Bonchev–Trinajstić information content (AvgIpc) is 3.07. The Labute approximate surface area is 167 Å². The lowest BCUT2D eigenvalue weighted by molar-refractivity contribution is -0.138. The highest BCUT2D eigenvalue weighted by Crippen LogP contribution is 2.24. The minimum absolute atomic E-state index is 0.000228. The lowest BCUT2D eigenvalue weighted by Crippen LogP contribution is -2.37. The predicted octanol–water partition coefficient (Wildman–Crippen LogP) is 2.07. The van der Waals surface area contributed by atoms with Crippen LogP contribution in [0.3, 0.4) is 0 Å². The summed E-state index contributed by atoms with van der Waals surface area (Å²) in [5.41, 5.74) is 1.98. The Morgan fingerprint density at radius 3 is 2.43 bits per heavy atom. The first kappa shape index (κ1) is 20.0. The molecule has 0 unspecified atom stereocenters. The molecular weight excluding hydrogens is 406 g/mol. The summed E-state index contributed by atoms with van der Waals surface area (Å²) in [6.07, 6.45) is 0. The van der Waals surface area contributed by atoms with Crippen molar-refractivity contribution in [1.29, 1.82) is 0 Å². The standard InChI is InChI=1S/C17H18ClN5O4S/c1-10-5-7-13(8-6-10)28(25,26)22(9-14(24)27-4)17-20-16-19-11(2)15(18)12(3)23(16)21-17/h5-8H,9H2,1-4H3. The SMILES string of the molecule is COC(=O)CN(c1nc2nc(C)c(Cl)c(C)n2n1)S(=O)(=O)c1ccc(C)cc1. The van der Waals surface area contributed by atoms with Gasteiger partial charge in [-0.2, -0.15) is 9.50 Å². The van der Waals surface area contributed by atoms with E-state index in [0.29, 0.717) is 16.4 Å². The molecule has 2 heterocycles. The number of aryl methyl sites for hydroxylation is 3. The Morgan fingerprint density at radius 1 is 1.18 bits per heavy atom. The van der Waals surface area contributed by atoms with Crippen molar-refractivity contribution >= 4 is 39.3 Å². The molecule has 3 rings (SSSR count). The van der Waals surface area contributed by atoms with Crippen molar-refractivity contribution < 1.29 is 17.9 Å². The minimum atomic E-state index is -4.12. The molecule has 0 amide bonds. The molecule has 0 aliphatic heterocycles. The van der Waals surface area contributed by atoms with Gasteiger partial charge in [0.1, 0.15) is 6.54 Å². The number of aromatic nitrogens is 4. The van der Waals surface area contributed by atoms with E-state index in [2.05, 4.69) is 19.8 Å². The van der Waals surface area contributed by atoms with Crippen LogP contribution in [-0.2, 0) is 19.6 Å². The van der Waals surface area contributed by atoms with Crippen molar-refractivity contribution in [3.63, 3.8) is 0 Å². The quantitative estimate of drug-likeness (QED) is 0.578. The van der Waals surface area contributed by atoms with Gasteiger partial charge >= 0.3 is 5.97 Å². The van der Waals surface area contributed by atoms with Crippen molar-refractivity contribution in [2.24, 2.45) is 0 Å². The first-order chi connectivity index (χ1) is 13.1. The van der Waals surface area contributed by atoms with E-state index in [1.807, 2.05) is 6.92 Å². The fourth-order valence-electron chi connectivity index (χ4n) is 2.53. The molecule has 148 valence electrons. The van der Waals surface area contributed by atoms with Crippen molar-refractivity contribution in [3.05, 3.63) is 46.2 Å². The molecule has 0 saturated heterocycles. The zero-order valence-electron chi connectivity index (χ0n) is 15.7. The van der Waals surface area contributed by atoms with Gasteiger partial charge < -0.3 is 4.74 Å². The van der Waals surface area contributed by atoms with Crippen LogP contribution >= 0.6 is 11.6 Å². The number of hydrogen-bond acceptors (Lipinski definition) is 7. The molecule has 0 aliphatic rings. The summed E-state index contributed by atoms with van der Waals surface area (Å²) in [6.45, 7) is 4.67. The molecule has 2 aromatic heterocycles. The molecule has 9 nitrogen and oxygen atoms in total. The molecule has 0 bridgehead atoms. The van der Waals surface area contributed by atoms with E-state index in [0.717, 1.165) is 9.87 Å². The van der Waals surface area contributed by atoms with Crippen molar-refractivity contribution in [3.8, 4) is 0 Å². The van der Waals surface area contributed by atoms with Crippen LogP contribution in [0.5, 0.6) is 0 Å². The Morgan fingerprint density at radius 2 is 1.82 bits per heavy atom. The summed E-state index contributed by atoms with van der Waals surface area (Å²) in [7, 11) is -2.95. The van der Waals surface area contributed by atoms with E-state index in [1.165, 1.54) is 23.8 Å². The highest BCUT2D eigenvalue weighted by atomic mass is 35.5. The molecule has 0 aliphatic carbocycles. The van der Waals surface area contributed by atoms with Gasteiger partial charge in [0.15, 0.2) is 0 Å². The molecule has 3 aromatic rings. The van der Waals surface area contributed by atoms with Gasteiger partial charge in [-0.1, -0.05) is 29.3 Å². The number of esters is 1. The number of hydrogen-bond donors (Lipinski definition) is 0. The summed E-state index contributed by atoms with van der Waals surface area (Å²) in [5, 5.41) is 4.60. The van der Waals surface area contributed by atoms with Gasteiger partial charge in [0.25, 0.3) is 21.7 Å². The second kappa shape index (κ2) is 7.36. The largest absolute Gasteiger partial charge is 0.468 e. The average molecular weight is 424 g/mol. The van der Waals surface area contributed by atoms with E-state index >= 15 is 0 Å². The van der Waals surface area contributed by atoms with Gasteiger partial charge in [0, 0.05) is 0 Å². The third-order valence-corrected chi connectivity index (χ3v) is 6.42. The maximum Gasteiger partial charge on any atom is 0.326 e. The lowest BCUT2D eigenvalue weighted by atomic mass is 10.2. The normalized spacial score (nSPS) is 11.6. The third kappa shape index (κ3) is 3.52. The molecule has 1 aromatic carbocycles. The van der Waals surface area contributed by atoms with Crippen molar-refractivity contribution in [1.82, 2.24) is 19.6 Å². The molecule has 0 radical (unpaired) electrons. The summed E-state index contributed by atoms with van der Waals surface area (Å²) in [4.78, 5) is 20.3. The first-order valence-electron chi connectivity index (χ1n) is 8.21. The molecule has 0 spiro atoms. The summed E-state index contributed by atoms with van der Waals surface area (Å²) in [6, 6.07) is 6.23. The maximum atomic E-state index is 13.2. The number of nitrogens with zero attached hydrogens (tertiary/aromatic N) is 5. The minimum Gasteiger partial charge on any atom is -0.468 e. The smallest absolute Gasteiger partial charge is 0.326 e. The number of rotatable bonds is 5. The fourth-order valence-corrected chi connectivity index (χ4v) is 3.96. The summed E-state index contributed by atoms with van der Waals surface area (Å²) < 4.78 is 33.1. The number of anilines is 1. The van der Waals surface area contributed by atoms with Crippen LogP contribution in [0.1, 0.15) is 17.0 Å². The molecule has 11 heteroatoms. The van der Waals surface area contributed by atoms with E-state index in [9.17, 15) is 13.2 Å². The van der Waals surface area contributed by atoms with Gasteiger partial charge in [0.05, 0.1) is 28.4 Å². The van der Waals surface area contributed by atoms with Crippen molar-refractivity contribution in [2.45, 2.75) is 25.7 Å². The van der Waals surface area contributed by atoms with Gasteiger partial charge in [0.2, 0.25) is 0 Å². The summed E-state index contributed by atoms with van der Waals surface area (Å²) in [5.74, 6) is -0.792. The van der Waals surface area contributed by atoms with Gasteiger partial charge in [-0.25, -0.2) is 17.7 Å². The monoisotopic (exact) mass is 423 g/mol. The lowest BCUT2D eigenvalue weighted by Gasteiger charge is -2.19. The molecule has 0 atom stereocenters. The van der Waals surface area contributed by atoms with Crippen LogP contribution in [0, 0.1) is 20.8 Å². The number of carbonyl (C=O) groups excluding carboxylic acids is 1. The highest BCUT2D eigenvalue weighted by molar-refractivity contribution is 7.92. The maximum absolute atomic E-state index is 13.2. The Kier molecular flexibility index (Phi) is 5.26. The molecule has 0 N–H and O–H groups in total. The van der Waals surface area contributed by atoms with Gasteiger partial charge in [-0.05, 0) is 32.9 Å². The van der Waals surface area contributed by atoms with Crippen LogP contribution in [0.15, 0.2) is 29.2 Å². The fraction of sp³-hybridized carbons (Fsp3) is 0.294. The van der Waals surface area contributed by atoms with E-state index < -0.39 is 22.5 Å². The molecule has 0 fully saturated rings. The number of benzene rings is 1. The van der Waals surface area contributed by atoms with Crippen molar-refractivity contribution in [2.75, 3.05) is 18.0 Å². The van der Waals surface area contributed by atoms with Gasteiger partial charge in [-0.15, -0.1) is 5.10 Å². The highest BCUT2D eigenvalue weighted by Gasteiger charge is 2.31. The van der Waals surface area contributed by atoms with E-state index in [4.69, 9.17) is 11.6 Å². The number of methoxy groups -OCH3 is 1. The molecular formula is C17H18ClN5O4S. The molecule has 28 heavy (non-hydrogen) atoms. The second-order valence-electron chi connectivity index (χ2n) is 6.12. The van der Waals surface area contributed by atoms with Crippen LogP contribution in [0.25, 0.3) is 5.78 Å². The van der Waals surface area contributed by atoms with Crippen LogP contribution < -0.4 is 4.31 Å². The van der Waals surface area contributed by atoms with Crippen LogP contribution in [0.4, 0.5) is 5.95 Å². The van der Waals surface area contributed by atoms with Gasteiger partial charge in [-0.3, -0.25) is 4.79 Å². The van der Waals surface area contributed by atoms with Crippen LogP contribution in [-0.4, -0.2) is 47.6 Å². The topological polar surface area (TPSA) is 107 Å². The van der Waals surface area contributed by atoms with E-state index in [1.54, 1.807) is 26.0 Å². The van der Waals surface area contributed by atoms with Crippen LogP contribution in [0.2, 0.25) is 5.02 Å². The Bertz CT molecular complexity index is 1160. The van der Waals surface area contributed by atoms with E-state index in [-0.39, 0.29) is 16.6 Å². The first-order valence-corrected chi connectivity index (χ1v) is 10.0. The Hall–Kier alpha value is -2.72. The number of carbonyl (C=O) groups is 1. The number of fused-ring (bicyclic) bond motifs is 1. The predicted molar refractivity (Wildman–Crippen MR) is 103 cm³/mol.